The average Bonchev–Trinajstić information content (AvgIpc) is 2.77. The van der Waals surface area contributed by atoms with E-state index in [1.807, 2.05) is 18.2 Å². The highest BCUT2D eigenvalue weighted by molar-refractivity contribution is 7.96. The van der Waals surface area contributed by atoms with E-state index in [9.17, 15) is 13.6 Å². The summed E-state index contributed by atoms with van der Waals surface area (Å²) in [6.45, 7) is 1.28. The number of carbonyl (C=O) groups is 1. The number of anilines is 1. The molecule has 2 unspecified atom stereocenters. The molecule has 4 rings (SSSR count). The minimum absolute atomic E-state index is 0.0418. The molecule has 0 saturated carbocycles. The number of nitrogens with zero attached hydrogens (tertiary/aromatic N) is 2. The van der Waals surface area contributed by atoms with Crippen LogP contribution in [-0.2, 0) is 14.6 Å². The number of carbonyl (C=O) groups excluding carboxylic acids is 1. The van der Waals surface area contributed by atoms with Crippen molar-refractivity contribution in [1.29, 1.82) is 0 Å². The summed E-state index contributed by atoms with van der Waals surface area (Å²) in [5.74, 6) is 0.298. The van der Waals surface area contributed by atoms with E-state index in [1.54, 1.807) is 29.3 Å². The number of sulfonamides is 1. The highest BCUT2D eigenvalue weighted by Crippen LogP contribution is 2.33. The van der Waals surface area contributed by atoms with E-state index >= 15 is 0 Å². The van der Waals surface area contributed by atoms with Crippen LogP contribution in [0.2, 0.25) is 0 Å². The Balaban J connectivity index is 1.63. The van der Waals surface area contributed by atoms with Gasteiger partial charge in [-0.15, -0.1) is 4.72 Å². The number of rotatable bonds is 1. The molecule has 3 heterocycles. The molecular formula is C18H20N4O3S. The summed E-state index contributed by atoms with van der Waals surface area (Å²) < 4.78 is 27.6. The number of aromatic nitrogens is 1. The van der Waals surface area contributed by atoms with Crippen molar-refractivity contribution in [3.05, 3.63) is 54.2 Å². The molecule has 2 aromatic rings. The number of benzene rings is 1. The summed E-state index contributed by atoms with van der Waals surface area (Å²) in [5, 5.41) is 3.32. The smallest absolute Gasteiger partial charge is 0.253 e. The maximum atomic E-state index is 12.8. The molecule has 136 valence electrons. The molecule has 1 spiro atoms. The predicted octanol–water partition coefficient (Wildman–Crippen LogP) is 1.68. The fraction of sp³-hybridized carbons (Fsp3) is 0.333. The number of hydrogen-bond acceptors (Lipinski definition) is 5. The van der Waals surface area contributed by atoms with Crippen LogP contribution in [0.3, 0.4) is 0 Å². The Labute approximate surface area is 153 Å². The second-order valence-corrected chi connectivity index (χ2v) is 8.51. The third-order valence-corrected chi connectivity index (χ3v) is 6.36. The first-order valence-corrected chi connectivity index (χ1v) is 10.0. The van der Waals surface area contributed by atoms with Crippen LogP contribution in [0.1, 0.15) is 23.2 Å². The van der Waals surface area contributed by atoms with Crippen LogP contribution in [0, 0.1) is 0 Å². The van der Waals surface area contributed by atoms with Gasteiger partial charge in [-0.25, -0.2) is 4.98 Å². The fourth-order valence-corrected chi connectivity index (χ4v) is 4.86. The zero-order chi connectivity index (χ0) is 18.2. The van der Waals surface area contributed by atoms with Crippen LogP contribution in [0.4, 0.5) is 5.82 Å². The largest absolute Gasteiger partial charge is 0.593 e. The van der Waals surface area contributed by atoms with Gasteiger partial charge in [0.1, 0.15) is 0 Å². The molecule has 1 amide bonds. The summed E-state index contributed by atoms with van der Waals surface area (Å²) in [7, 11) is -3.62. The van der Waals surface area contributed by atoms with E-state index in [0.29, 0.717) is 24.5 Å². The summed E-state index contributed by atoms with van der Waals surface area (Å²) in [6.07, 6.45) is 3.11. The second-order valence-electron chi connectivity index (χ2n) is 6.78. The molecule has 7 nitrogen and oxygen atoms in total. The van der Waals surface area contributed by atoms with E-state index in [2.05, 4.69) is 15.0 Å². The van der Waals surface area contributed by atoms with Gasteiger partial charge in [-0.1, -0.05) is 22.4 Å². The molecular weight excluding hydrogens is 352 g/mol. The van der Waals surface area contributed by atoms with E-state index in [4.69, 9.17) is 0 Å². The van der Waals surface area contributed by atoms with Crippen molar-refractivity contribution >= 4 is 22.1 Å². The zero-order valence-electron chi connectivity index (χ0n) is 14.2. The first-order chi connectivity index (χ1) is 12.5. The lowest BCUT2D eigenvalue weighted by Gasteiger charge is -2.42. The molecule has 0 radical (unpaired) electrons. The minimum atomic E-state index is -3.62. The van der Waals surface area contributed by atoms with Gasteiger partial charge >= 0.3 is 0 Å². The van der Waals surface area contributed by atoms with Gasteiger partial charge in [0.15, 0.2) is 16.2 Å². The lowest BCUT2D eigenvalue weighted by Crippen LogP contribution is -2.59. The maximum Gasteiger partial charge on any atom is 0.253 e. The molecule has 0 aliphatic carbocycles. The number of fused-ring (bicyclic) bond motifs is 1. The van der Waals surface area contributed by atoms with Crippen molar-refractivity contribution in [1.82, 2.24) is 14.6 Å². The monoisotopic (exact) mass is 372 g/mol. The van der Waals surface area contributed by atoms with E-state index < -0.39 is 15.9 Å². The fourth-order valence-electron chi connectivity index (χ4n) is 3.62. The summed E-state index contributed by atoms with van der Waals surface area (Å²) in [6, 6.07) is 12.3. The van der Waals surface area contributed by atoms with Crippen molar-refractivity contribution in [2.24, 2.45) is 0 Å². The van der Waals surface area contributed by atoms with Gasteiger partial charge in [0, 0.05) is 30.9 Å². The number of piperidine rings is 1. The second kappa shape index (κ2) is 6.46. The SMILES string of the molecule is O=C(c1ccccc1)N1CCCC2(CN[S+](=O)([O-])c3cccnc3N2)C1. The number of likely N-dealkylation sites (tertiary alicyclic amines) is 1. The molecule has 2 aliphatic rings. The van der Waals surface area contributed by atoms with Crippen LogP contribution in [0.5, 0.6) is 0 Å². The van der Waals surface area contributed by atoms with Gasteiger partial charge in [-0.05, 0) is 31.0 Å². The predicted molar refractivity (Wildman–Crippen MR) is 97.3 cm³/mol. The lowest BCUT2D eigenvalue weighted by atomic mass is 9.88. The Morgan fingerprint density at radius 3 is 2.85 bits per heavy atom. The Bertz CT molecular complexity index is 876. The van der Waals surface area contributed by atoms with Crippen LogP contribution in [0.25, 0.3) is 0 Å². The molecule has 1 saturated heterocycles. The van der Waals surface area contributed by atoms with Gasteiger partial charge in [0.25, 0.3) is 5.91 Å². The highest BCUT2D eigenvalue weighted by atomic mass is 32.3. The molecule has 1 aromatic heterocycles. The van der Waals surface area contributed by atoms with Crippen LogP contribution in [-0.4, -0.2) is 45.5 Å². The van der Waals surface area contributed by atoms with Crippen molar-refractivity contribution in [3.63, 3.8) is 0 Å². The molecule has 26 heavy (non-hydrogen) atoms. The summed E-state index contributed by atoms with van der Waals surface area (Å²) >= 11 is 0. The van der Waals surface area contributed by atoms with Gasteiger partial charge < -0.3 is 14.8 Å². The third kappa shape index (κ3) is 3.11. The first-order valence-electron chi connectivity index (χ1n) is 8.56. The van der Waals surface area contributed by atoms with Crippen molar-refractivity contribution < 1.29 is 13.6 Å². The summed E-state index contributed by atoms with van der Waals surface area (Å²) in [5.41, 5.74) is 0.0623. The normalized spacial score (nSPS) is 28.1. The third-order valence-electron chi connectivity index (χ3n) is 4.93. The Morgan fingerprint density at radius 1 is 1.23 bits per heavy atom. The minimum Gasteiger partial charge on any atom is -0.593 e. The summed E-state index contributed by atoms with van der Waals surface area (Å²) in [4.78, 5) is 19.0. The molecule has 1 aromatic carbocycles. The van der Waals surface area contributed by atoms with Crippen molar-refractivity contribution in [2.75, 3.05) is 25.0 Å². The van der Waals surface area contributed by atoms with Crippen LogP contribution in [0.15, 0.2) is 53.6 Å². The topological polar surface area (TPSA) is 97.4 Å². The van der Waals surface area contributed by atoms with E-state index in [1.165, 1.54) is 6.07 Å². The standard InChI is InChI=1S/C18H20N4O3S/c23-17(14-6-2-1-3-7-14)22-11-5-9-18(13-22)12-20-26(24,25)15-8-4-10-19-16(15)21-18/h1-4,6-8,10H,5,9,11-13H2,(H2-,19,20,21,24,25). The number of pyridine rings is 1. The quantitative estimate of drug-likeness (QED) is 0.742. The first kappa shape index (κ1) is 17.1. The maximum absolute atomic E-state index is 12.8. The van der Waals surface area contributed by atoms with E-state index in [0.717, 1.165) is 12.8 Å². The number of hydrogen-bond donors (Lipinski definition) is 2. The Hall–Kier alpha value is -2.29. The number of nitrogens with one attached hydrogen (secondary N) is 2. The van der Waals surface area contributed by atoms with Gasteiger partial charge in [-0.3, -0.25) is 4.79 Å². The molecule has 2 N–H and O–H groups in total. The van der Waals surface area contributed by atoms with Gasteiger partial charge in [-0.2, -0.15) is 0 Å². The van der Waals surface area contributed by atoms with E-state index in [-0.39, 0.29) is 17.3 Å². The molecule has 2 aliphatic heterocycles. The highest BCUT2D eigenvalue weighted by Gasteiger charge is 2.43. The molecule has 2 atom stereocenters. The zero-order valence-corrected chi connectivity index (χ0v) is 15.0. The lowest BCUT2D eigenvalue weighted by molar-refractivity contribution is 0.0663. The van der Waals surface area contributed by atoms with Gasteiger partial charge in [0.05, 0.1) is 12.1 Å². The molecule has 1 fully saturated rings. The molecule has 8 heteroatoms. The van der Waals surface area contributed by atoms with Crippen LogP contribution < -0.4 is 10.0 Å². The Kier molecular flexibility index (Phi) is 4.26. The Morgan fingerprint density at radius 2 is 2.04 bits per heavy atom. The number of amides is 1. The van der Waals surface area contributed by atoms with Crippen molar-refractivity contribution in [3.8, 4) is 0 Å². The van der Waals surface area contributed by atoms with Crippen molar-refractivity contribution in [2.45, 2.75) is 23.3 Å². The van der Waals surface area contributed by atoms with Gasteiger partial charge in [0.2, 0.25) is 4.90 Å². The molecule has 0 bridgehead atoms. The van der Waals surface area contributed by atoms with Crippen LogP contribution >= 0.6 is 0 Å². The average molecular weight is 372 g/mol.